The molecule has 0 aliphatic carbocycles. The maximum Gasteiger partial charge on any atom is 0.256 e. The first-order valence-electron chi connectivity index (χ1n) is 5.65. The van der Waals surface area contributed by atoms with Gasteiger partial charge in [-0.3, -0.25) is 4.79 Å². The molecular weight excluding hydrogens is 220 g/mol. The summed E-state index contributed by atoms with van der Waals surface area (Å²) in [6, 6.07) is 7.08. The van der Waals surface area contributed by atoms with Crippen LogP contribution in [0.15, 0.2) is 24.3 Å². The van der Waals surface area contributed by atoms with E-state index in [1.807, 2.05) is 6.07 Å². The zero-order chi connectivity index (χ0) is 12.3. The summed E-state index contributed by atoms with van der Waals surface area (Å²) in [6.45, 7) is 1.54. The van der Waals surface area contributed by atoms with Gasteiger partial charge >= 0.3 is 0 Å². The first-order chi connectivity index (χ1) is 8.25. The van der Waals surface area contributed by atoms with Crippen molar-refractivity contribution < 1.29 is 15.0 Å². The summed E-state index contributed by atoms with van der Waals surface area (Å²) in [7, 11) is 0. The third-order valence-electron chi connectivity index (χ3n) is 2.84. The van der Waals surface area contributed by atoms with Crippen LogP contribution < -0.4 is 5.32 Å². The molecule has 5 nitrogen and oxygen atoms in total. The number of carbonyl (C=O) groups excluding carboxylic acids is 1. The highest BCUT2D eigenvalue weighted by Gasteiger charge is 2.34. The Morgan fingerprint density at radius 2 is 2.06 bits per heavy atom. The molecule has 3 N–H and O–H groups in total. The van der Waals surface area contributed by atoms with Gasteiger partial charge in [-0.1, -0.05) is 18.2 Å². The van der Waals surface area contributed by atoms with Gasteiger partial charge in [-0.25, -0.2) is 0 Å². The molecule has 0 spiro atoms. The van der Waals surface area contributed by atoms with Crippen molar-refractivity contribution in [1.82, 2.24) is 10.2 Å². The molecule has 0 saturated carbocycles. The summed E-state index contributed by atoms with van der Waals surface area (Å²) in [6.07, 6.45) is -0.852. The quantitative estimate of drug-likeness (QED) is 0.615. The van der Waals surface area contributed by atoms with Crippen molar-refractivity contribution in [1.29, 1.82) is 0 Å². The minimum absolute atomic E-state index is 0.0662. The highest BCUT2D eigenvalue weighted by Crippen LogP contribution is 2.30. The zero-order valence-electron chi connectivity index (χ0n) is 9.47. The normalized spacial score (nSPS) is 18.6. The smallest absolute Gasteiger partial charge is 0.256 e. The molecule has 1 heterocycles. The summed E-state index contributed by atoms with van der Waals surface area (Å²) >= 11 is 0. The lowest BCUT2D eigenvalue weighted by Crippen LogP contribution is -2.35. The predicted molar refractivity (Wildman–Crippen MR) is 62.4 cm³/mol. The van der Waals surface area contributed by atoms with Crippen molar-refractivity contribution in [2.45, 2.75) is 6.23 Å². The van der Waals surface area contributed by atoms with E-state index in [0.717, 1.165) is 0 Å². The van der Waals surface area contributed by atoms with Gasteiger partial charge in [-0.2, -0.15) is 0 Å². The molecule has 0 fully saturated rings. The second kappa shape index (κ2) is 5.27. The number of aliphatic hydroxyl groups excluding tert-OH is 2. The first-order valence-corrected chi connectivity index (χ1v) is 5.65. The van der Waals surface area contributed by atoms with Crippen LogP contribution in [0.2, 0.25) is 0 Å². The average molecular weight is 236 g/mol. The average Bonchev–Trinajstić information content (AvgIpc) is 2.60. The fourth-order valence-electron chi connectivity index (χ4n) is 1.98. The minimum Gasteiger partial charge on any atom is -0.395 e. The summed E-state index contributed by atoms with van der Waals surface area (Å²) < 4.78 is 0. The van der Waals surface area contributed by atoms with E-state index in [4.69, 9.17) is 5.11 Å². The molecule has 1 atom stereocenters. The topological polar surface area (TPSA) is 72.8 Å². The maximum atomic E-state index is 12.0. The van der Waals surface area contributed by atoms with E-state index in [1.54, 1.807) is 18.2 Å². The molecule has 1 unspecified atom stereocenters. The van der Waals surface area contributed by atoms with Gasteiger partial charge in [0.2, 0.25) is 0 Å². The Labute approximate surface area is 99.7 Å². The number of amides is 1. The molecule has 1 aromatic rings. The number of fused-ring (bicyclic) bond motifs is 1. The highest BCUT2D eigenvalue weighted by molar-refractivity contribution is 5.98. The summed E-state index contributed by atoms with van der Waals surface area (Å²) in [5.74, 6) is -0.140. The van der Waals surface area contributed by atoms with Gasteiger partial charge < -0.3 is 20.4 Å². The van der Waals surface area contributed by atoms with Crippen LogP contribution in [0.25, 0.3) is 0 Å². The van der Waals surface area contributed by atoms with Gasteiger partial charge in [0.1, 0.15) is 0 Å². The third kappa shape index (κ3) is 2.31. The maximum absolute atomic E-state index is 12.0. The number of benzene rings is 1. The van der Waals surface area contributed by atoms with Crippen LogP contribution in [0.5, 0.6) is 0 Å². The Bertz CT molecular complexity index is 408. The van der Waals surface area contributed by atoms with E-state index in [0.29, 0.717) is 30.8 Å². The molecule has 0 radical (unpaired) electrons. The molecule has 17 heavy (non-hydrogen) atoms. The van der Waals surface area contributed by atoms with Crippen molar-refractivity contribution in [2.75, 3.05) is 26.2 Å². The summed E-state index contributed by atoms with van der Waals surface area (Å²) in [5.41, 5.74) is 1.24. The fourth-order valence-corrected chi connectivity index (χ4v) is 1.98. The molecule has 92 valence electrons. The molecule has 0 saturated heterocycles. The van der Waals surface area contributed by atoms with Crippen molar-refractivity contribution in [3.63, 3.8) is 0 Å². The first kappa shape index (κ1) is 12.0. The van der Waals surface area contributed by atoms with E-state index in [2.05, 4.69) is 5.32 Å². The van der Waals surface area contributed by atoms with E-state index in [1.165, 1.54) is 4.90 Å². The second-order valence-corrected chi connectivity index (χ2v) is 3.93. The van der Waals surface area contributed by atoms with Gasteiger partial charge in [0.05, 0.1) is 6.61 Å². The lowest BCUT2D eigenvalue weighted by atomic mass is 10.1. The van der Waals surface area contributed by atoms with Gasteiger partial charge in [0.15, 0.2) is 6.23 Å². The number of nitrogens with zero attached hydrogens (tertiary/aromatic N) is 1. The molecule has 0 bridgehead atoms. The van der Waals surface area contributed by atoms with E-state index >= 15 is 0 Å². The van der Waals surface area contributed by atoms with Crippen LogP contribution in [0.1, 0.15) is 22.1 Å². The van der Waals surface area contributed by atoms with E-state index in [9.17, 15) is 9.90 Å². The lowest BCUT2D eigenvalue weighted by Gasteiger charge is -2.20. The SMILES string of the molecule is O=C1c2ccccc2C(O)N1CCNCCO. The largest absolute Gasteiger partial charge is 0.395 e. The molecule has 1 aliphatic heterocycles. The Kier molecular flexibility index (Phi) is 3.73. The van der Waals surface area contributed by atoms with Gasteiger partial charge in [-0.05, 0) is 6.07 Å². The molecule has 0 aromatic heterocycles. The standard InChI is InChI=1S/C12H16N2O3/c15-8-6-13-5-7-14-11(16)9-3-1-2-4-10(9)12(14)17/h1-4,11,13,15-16H,5-8H2. The van der Waals surface area contributed by atoms with E-state index < -0.39 is 6.23 Å². The van der Waals surface area contributed by atoms with Crippen LogP contribution in [0.3, 0.4) is 0 Å². The number of aliphatic hydroxyl groups is 2. The van der Waals surface area contributed by atoms with Crippen molar-refractivity contribution in [3.8, 4) is 0 Å². The van der Waals surface area contributed by atoms with Crippen LogP contribution in [-0.2, 0) is 0 Å². The predicted octanol–water partition coefficient (Wildman–Crippen LogP) is -0.285. The fraction of sp³-hybridized carbons (Fsp3) is 0.417. The zero-order valence-corrected chi connectivity index (χ0v) is 9.47. The molecule has 1 aromatic carbocycles. The van der Waals surface area contributed by atoms with Gasteiger partial charge in [-0.15, -0.1) is 0 Å². The number of nitrogens with one attached hydrogen (secondary N) is 1. The van der Waals surface area contributed by atoms with Crippen molar-refractivity contribution in [3.05, 3.63) is 35.4 Å². The second-order valence-electron chi connectivity index (χ2n) is 3.93. The minimum atomic E-state index is -0.852. The number of hydrogen-bond donors (Lipinski definition) is 3. The van der Waals surface area contributed by atoms with Crippen LogP contribution in [-0.4, -0.2) is 47.3 Å². The van der Waals surface area contributed by atoms with E-state index in [-0.39, 0.29) is 12.5 Å². The summed E-state index contributed by atoms with van der Waals surface area (Å²) in [4.78, 5) is 13.4. The number of rotatable bonds is 5. The van der Waals surface area contributed by atoms with Crippen LogP contribution >= 0.6 is 0 Å². The Morgan fingerprint density at radius 3 is 2.76 bits per heavy atom. The summed E-state index contributed by atoms with van der Waals surface area (Å²) in [5, 5.41) is 21.6. The Balaban J connectivity index is 2.00. The molecule has 2 rings (SSSR count). The molecule has 1 amide bonds. The number of hydrogen-bond acceptors (Lipinski definition) is 4. The van der Waals surface area contributed by atoms with Crippen LogP contribution in [0.4, 0.5) is 0 Å². The van der Waals surface area contributed by atoms with Crippen molar-refractivity contribution >= 4 is 5.91 Å². The Morgan fingerprint density at radius 1 is 1.29 bits per heavy atom. The monoisotopic (exact) mass is 236 g/mol. The van der Waals surface area contributed by atoms with Gasteiger partial charge in [0.25, 0.3) is 5.91 Å². The molecular formula is C12H16N2O3. The molecule has 1 aliphatic rings. The number of carbonyl (C=O) groups is 1. The lowest BCUT2D eigenvalue weighted by molar-refractivity contribution is 0.0182. The van der Waals surface area contributed by atoms with Gasteiger partial charge in [0, 0.05) is 30.8 Å². The highest BCUT2D eigenvalue weighted by atomic mass is 16.3. The molecule has 5 heteroatoms. The Hall–Kier alpha value is -1.43. The van der Waals surface area contributed by atoms with Crippen molar-refractivity contribution in [2.24, 2.45) is 0 Å². The third-order valence-corrected chi connectivity index (χ3v) is 2.84. The van der Waals surface area contributed by atoms with Crippen LogP contribution in [0, 0.1) is 0 Å².